The summed E-state index contributed by atoms with van der Waals surface area (Å²) in [6.07, 6.45) is -1.87. The fraction of sp³-hybridized carbons (Fsp3) is 1.00. The van der Waals surface area contributed by atoms with Crippen molar-refractivity contribution in [1.29, 1.82) is 0 Å². The fourth-order valence-corrected chi connectivity index (χ4v) is 1.41. The van der Waals surface area contributed by atoms with Gasteiger partial charge in [0.05, 0.1) is 12.2 Å². The maximum atomic E-state index is 10.2. The van der Waals surface area contributed by atoms with Gasteiger partial charge in [0.25, 0.3) is 0 Å². The van der Waals surface area contributed by atoms with Crippen LogP contribution in [0.3, 0.4) is 0 Å². The van der Waals surface area contributed by atoms with E-state index in [0.29, 0.717) is 0 Å². The van der Waals surface area contributed by atoms with Gasteiger partial charge in [-0.3, -0.25) is 4.21 Å². The van der Waals surface area contributed by atoms with Crippen LogP contribution >= 0.6 is 0 Å². The van der Waals surface area contributed by atoms with E-state index in [0.717, 1.165) is 4.31 Å². The highest BCUT2D eigenvalue weighted by Gasteiger charge is 2.29. The van der Waals surface area contributed by atoms with Crippen LogP contribution in [0.4, 0.5) is 0 Å². The second-order valence-corrected chi connectivity index (χ2v) is 3.15. The predicted octanol–water partition coefficient (Wildman–Crippen LogP) is -2.18. The average molecular weight is 166 g/mol. The molecule has 0 bridgehead atoms. The summed E-state index contributed by atoms with van der Waals surface area (Å²) in [5, 5.41) is 17.7. The minimum absolute atomic E-state index is 0.00270. The van der Waals surface area contributed by atoms with Crippen LogP contribution in [0.25, 0.3) is 0 Å². The molecule has 5 nitrogen and oxygen atoms in total. The molecule has 1 fully saturated rings. The molecule has 0 aliphatic carbocycles. The van der Waals surface area contributed by atoms with E-state index in [-0.39, 0.29) is 13.1 Å². The SMILES string of the molecule is O=S([O-])N1C[C@@H](O)[C@@H](O)C1. The zero-order chi connectivity index (χ0) is 7.72. The van der Waals surface area contributed by atoms with Gasteiger partial charge in [0.2, 0.25) is 0 Å². The first-order valence-electron chi connectivity index (χ1n) is 2.81. The molecule has 6 heteroatoms. The minimum atomic E-state index is -2.32. The first-order valence-corrected chi connectivity index (χ1v) is 3.85. The molecule has 0 amide bonds. The molecule has 1 aliphatic rings. The Bertz CT molecular complexity index is 142. The van der Waals surface area contributed by atoms with E-state index in [4.69, 9.17) is 10.2 Å². The Morgan fingerprint density at radius 2 is 1.80 bits per heavy atom. The molecule has 1 aliphatic heterocycles. The molecule has 0 saturated carbocycles. The lowest BCUT2D eigenvalue weighted by molar-refractivity contribution is 0.0572. The second-order valence-electron chi connectivity index (χ2n) is 2.20. The van der Waals surface area contributed by atoms with E-state index in [1.165, 1.54) is 0 Å². The Labute approximate surface area is 60.7 Å². The standard InChI is InChI=1S/C4H9NO4S/c6-3-1-5(10(8)9)2-4(3)7/h3-4,6-7H,1-2H2,(H,8,9)/p-1/t3-,4+. The molecule has 1 saturated heterocycles. The first kappa shape index (κ1) is 8.09. The smallest absolute Gasteiger partial charge is 0.0948 e. The van der Waals surface area contributed by atoms with Crippen molar-refractivity contribution in [3.05, 3.63) is 0 Å². The largest absolute Gasteiger partial charge is 0.760 e. The van der Waals surface area contributed by atoms with Crippen molar-refractivity contribution in [2.45, 2.75) is 12.2 Å². The third-order valence-corrected chi connectivity index (χ3v) is 2.16. The Hall–Kier alpha value is -0.0100. The lowest BCUT2D eigenvalue weighted by Crippen LogP contribution is -2.23. The van der Waals surface area contributed by atoms with Crippen molar-refractivity contribution in [2.24, 2.45) is 0 Å². The summed E-state index contributed by atoms with van der Waals surface area (Å²) in [6.45, 7) is -0.00540. The molecule has 0 aromatic carbocycles. The third kappa shape index (κ3) is 1.53. The summed E-state index contributed by atoms with van der Waals surface area (Å²) in [5.74, 6) is 0. The highest BCUT2D eigenvalue weighted by Crippen LogP contribution is 2.10. The highest BCUT2D eigenvalue weighted by atomic mass is 32.2. The van der Waals surface area contributed by atoms with Gasteiger partial charge in [-0.25, -0.2) is 4.31 Å². The van der Waals surface area contributed by atoms with Crippen molar-refractivity contribution in [1.82, 2.24) is 4.31 Å². The molecule has 10 heavy (non-hydrogen) atoms. The molecule has 0 spiro atoms. The van der Waals surface area contributed by atoms with E-state index in [1.807, 2.05) is 0 Å². The molecule has 1 rings (SSSR count). The zero-order valence-corrected chi connectivity index (χ0v) is 5.95. The summed E-state index contributed by atoms with van der Waals surface area (Å²) in [4.78, 5) is 0. The molecule has 0 aromatic rings. The van der Waals surface area contributed by atoms with E-state index in [9.17, 15) is 8.76 Å². The normalized spacial score (nSPS) is 38.3. The number of nitrogens with zero attached hydrogens (tertiary/aromatic N) is 1. The summed E-state index contributed by atoms with van der Waals surface area (Å²) >= 11 is -2.32. The minimum Gasteiger partial charge on any atom is -0.760 e. The number of rotatable bonds is 1. The average Bonchev–Trinajstić information content (AvgIpc) is 2.13. The summed E-state index contributed by atoms with van der Waals surface area (Å²) < 4.78 is 21.4. The van der Waals surface area contributed by atoms with Gasteiger partial charge in [0, 0.05) is 24.4 Å². The number of aliphatic hydroxyl groups is 2. The van der Waals surface area contributed by atoms with Crippen LogP contribution in [0.5, 0.6) is 0 Å². The molecular formula is C4H8NO4S-. The Kier molecular flexibility index (Phi) is 2.37. The van der Waals surface area contributed by atoms with Crippen LogP contribution in [0.2, 0.25) is 0 Å². The van der Waals surface area contributed by atoms with Crippen LogP contribution in [0.1, 0.15) is 0 Å². The summed E-state index contributed by atoms with van der Waals surface area (Å²) in [5.41, 5.74) is 0. The maximum Gasteiger partial charge on any atom is 0.0948 e. The van der Waals surface area contributed by atoms with Gasteiger partial charge in [0.15, 0.2) is 0 Å². The third-order valence-electron chi connectivity index (χ3n) is 1.44. The predicted molar refractivity (Wildman–Crippen MR) is 32.5 cm³/mol. The molecule has 3 atom stereocenters. The number of hydrogen-bond donors (Lipinski definition) is 2. The van der Waals surface area contributed by atoms with Crippen molar-refractivity contribution < 1.29 is 19.0 Å². The number of aliphatic hydroxyl groups excluding tert-OH is 2. The van der Waals surface area contributed by atoms with Crippen LogP contribution < -0.4 is 0 Å². The van der Waals surface area contributed by atoms with E-state index in [2.05, 4.69) is 0 Å². The first-order chi connectivity index (χ1) is 4.61. The Balaban J connectivity index is 2.49. The van der Waals surface area contributed by atoms with Gasteiger partial charge < -0.3 is 14.8 Å². The quantitative estimate of drug-likeness (QED) is 0.434. The Morgan fingerprint density at radius 1 is 1.40 bits per heavy atom. The monoisotopic (exact) mass is 166 g/mol. The molecular weight excluding hydrogens is 158 g/mol. The molecule has 60 valence electrons. The number of β-amino-alcohol motifs (C(OH)–C–C–N with tert-alkyl or cyclic N) is 2. The highest BCUT2D eigenvalue weighted by molar-refractivity contribution is 7.76. The van der Waals surface area contributed by atoms with Gasteiger partial charge in [-0.1, -0.05) is 0 Å². The van der Waals surface area contributed by atoms with Gasteiger partial charge in [-0.15, -0.1) is 0 Å². The van der Waals surface area contributed by atoms with Gasteiger partial charge in [0.1, 0.15) is 0 Å². The maximum absolute atomic E-state index is 10.2. The zero-order valence-electron chi connectivity index (χ0n) is 5.14. The number of hydrogen-bond acceptors (Lipinski definition) is 4. The van der Waals surface area contributed by atoms with Crippen molar-refractivity contribution in [2.75, 3.05) is 13.1 Å². The van der Waals surface area contributed by atoms with E-state index < -0.39 is 23.5 Å². The molecule has 0 aromatic heterocycles. The topological polar surface area (TPSA) is 83.8 Å². The van der Waals surface area contributed by atoms with Crippen molar-refractivity contribution >= 4 is 11.3 Å². The van der Waals surface area contributed by atoms with Crippen molar-refractivity contribution in [3.63, 3.8) is 0 Å². The lowest BCUT2D eigenvalue weighted by atomic mass is 10.3. The van der Waals surface area contributed by atoms with Crippen LogP contribution in [-0.4, -0.2) is 48.6 Å². The van der Waals surface area contributed by atoms with E-state index in [1.54, 1.807) is 0 Å². The van der Waals surface area contributed by atoms with Gasteiger partial charge in [-0.2, -0.15) is 0 Å². The molecule has 1 unspecified atom stereocenters. The summed E-state index contributed by atoms with van der Waals surface area (Å²) in [6, 6.07) is 0. The van der Waals surface area contributed by atoms with Gasteiger partial charge in [-0.05, 0) is 0 Å². The fourth-order valence-electron chi connectivity index (χ4n) is 0.857. The molecule has 2 N–H and O–H groups in total. The Morgan fingerprint density at radius 3 is 2.00 bits per heavy atom. The summed E-state index contributed by atoms with van der Waals surface area (Å²) in [7, 11) is 0. The van der Waals surface area contributed by atoms with Gasteiger partial charge >= 0.3 is 0 Å². The van der Waals surface area contributed by atoms with E-state index >= 15 is 0 Å². The van der Waals surface area contributed by atoms with Crippen LogP contribution in [0, 0.1) is 0 Å². The lowest BCUT2D eigenvalue weighted by Gasteiger charge is -2.16. The van der Waals surface area contributed by atoms with Crippen molar-refractivity contribution in [3.8, 4) is 0 Å². The van der Waals surface area contributed by atoms with Crippen LogP contribution in [-0.2, 0) is 11.3 Å². The molecule has 1 heterocycles. The molecule has 0 radical (unpaired) electrons. The second kappa shape index (κ2) is 2.93. The van der Waals surface area contributed by atoms with Crippen LogP contribution in [0.15, 0.2) is 0 Å².